The minimum Gasteiger partial charge on any atom is -0.550 e. The fourth-order valence-electron chi connectivity index (χ4n) is 0. The third kappa shape index (κ3) is 1220. The number of hydrogen-bond acceptors (Lipinski definition) is 7. The van der Waals surface area contributed by atoms with Crippen LogP contribution in [-0.4, -0.2) is 24.2 Å². The van der Waals surface area contributed by atoms with Crippen molar-refractivity contribution in [3.8, 4) is 0 Å². The van der Waals surface area contributed by atoms with Crippen molar-refractivity contribution in [1.29, 1.82) is 0 Å². The first-order valence-electron chi connectivity index (χ1n) is 3.43. The van der Waals surface area contributed by atoms with Crippen molar-refractivity contribution in [1.82, 2.24) is 0 Å². The topological polar surface area (TPSA) is 137 Å². The van der Waals surface area contributed by atoms with E-state index in [-0.39, 0.29) is 21.7 Å². The first kappa shape index (κ1) is 29.3. The largest absolute Gasteiger partial charge is 4.00 e. The minimum atomic E-state index is -1.08. The van der Waals surface area contributed by atoms with E-state index in [1.165, 1.54) is 13.2 Å². The van der Waals surface area contributed by atoms with Crippen molar-refractivity contribution in [3.05, 3.63) is 0 Å². The van der Waals surface area contributed by atoms with Gasteiger partial charge in [0.15, 0.2) is 0 Å². The Kier molecular flexibility index (Phi) is 53.5. The molecule has 0 aromatic carbocycles. The number of carbonyl (C=O) groups excluding carboxylic acids is 4. The van der Waals surface area contributed by atoms with Gasteiger partial charge in [-0.3, -0.25) is 6.29 Å². The van der Waals surface area contributed by atoms with E-state index in [2.05, 4.69) is 0 Å². The van der Waals surface area contributed by atoms with Crippen LogP contribution in [0.25, 0.3) is 0 Å². The summed E-state index contributed by atoms with van der Waals surface area (Å²) >= 11 is 0. The van der Waals surface area contributed by atoms with Gasteiger partial charge in [0, 0.05) is 17.9 Å². The maximum absolute atomic E-state index is 8.89. The normalized spacial score (nSPS) is 5.50. The van der Waals surface area contributed by atoms with E-state index in [0.717, 1.165) is 20.8 Å². The zero-order valence-electron chi connectivity index (χ0n) is 9.36. The molecular formula is C8H12O7Ti. The van der Waals surface area contributed by atoms with Gasteiger partial charge in [-0.05, 0) is 20.8 Å². The molecule has 0 heterocycles. The number of carboxylic acids is 3. The first-order chi connectivity index (χ1) is 6.61. The van der Waals surface area contributed by atoms with Crippen LogP contribution in [0.5, 0.6) is 0 Å². The van der Waals surface area contributed by atoms with Gasteiger partial charge in [-0.2, -0.15) is 6.92 Å². The maximum atomic E-state index is 8.89. The molecule has 0 radical (unpaired) electrons. The molecule has 0 amide bonds. The van der Waals surface area contributed by atoms with Crippen molar-refractivity contribution in [2.24, 2.45) is 0 Å². The van der Waals surface area contributed by atoms with Gasteiger partial charge in [0.05, 0.1) is 0 Å². The average Bonchev–Trinajstić information content (AvgIpc) is 1.81. The van der Waals surface area contributed by atoms with E-state index in [9.17, 15) is 0 Å². The fraction of sp³-hybridized carbons (Fsp3) is 0.500. The molecule has 0 aliphatic carbocycles. The van der Waals surface area contributed by atoms with Gasteiger partial charge in [-0.25, -0.2) is 0 Å². The molecule has 8 heteroatoms. The Morgan fingerprint density at radius 2 is 0.812 bits per heavy atom. The molecule has 0 aliphatic heterocycles. The van der Waals surface area contributed by atoms with Gasteiger partial charge in [0.1, 0.15) is 0 Å². The third-order valence-corrected chi connectivity index (χ3v) is 0. The molecule has 0 saturated carbocycles. The van der Waals surface area contributed by atoms with Crippen molar-refractivity contribution < 1.29 is 56.2 Å². The molecule has 0 unspecified atom stereocenters. The van der Waals surface area contributed by atoms with Crippen molar-refractivity contribution in [2.75, 3.05) is 0 Å². The van der Waals surface area contributed by atoms with E-state index in [1.54, 1.807) is 0 Å². The standard InChI is InChI=1S/3C2H4O2.C2H3O.Ti/c3*1-2(3)4;1-2-3;/h3*1H3,(H,3,4);1H3;/q;;;-1;+4/p-3. The minimum absolute atomic E-state index is 0. The van der Waals surface area contributed by atoms with E-state index < -0.39 is 17.9 Å². The summed E-state index contributed by atoms with van der Waals surface area (Å²) < 4.78 is 0. The quantitative estimate of drug-likeness (QED) is 0.326. The molecule has 7 nitrogen and oxygen atoms in total. The Labute approximate surface area is 108 Å². The molecule has 0 aromatic heterocycles. The maximum Gasteiger partial charge on any atom is 4.00 e. The van der Waals surface area contributed by atoms with Crippen molar-refractivity contribution in [3.63, 3.8) is 0 Å². The number of hydrogen-bond donors (Lipinski definition) is 0. The van der Waals surface area contributed by atoms with Crippen molar-refractivity contribution >= 4 is 24.2 Å². The Hall–Kier alpha value is -1.21. The zero-order valence-corrected chi connectivity index (χ0v) is 10.9. The van der Waals surface area contributed by atoms with Crippen LogP contribution in [0.3, 0.4) is 0 Å². The van der Waals surface area contributed by atoms with Crippen LogP contribution in [0, 0.1) is 0 Å². The summed E-state index contributed by atoms with van der Waals surface area (Å²) in [6, 6.07) is 0. The van der Waals surface area contributed by atoms with Gasteiger partial charge >= 0.3 is 21.7 Å². The molecular weight excluding hydrogens is 256 g/mol. The number of rotatable bonds is 0. The monoisotopic (exact) mass is 268 g/mol. The molecule has 16 heavy (non-hydrogen) atoms. The van der Waals surface area contributed by atoms with Crippen LogP contribution in [0.4, 0.5) is 0 Å². The number of carbonyl (C=O) groups is 3. The summed E-state index contributed by atoms with van der Waals surface area (Å²) in [7, 11) is 0. The molecule has 0 bridgehead atoms. The first-order valence-corrected chi connectivity index (χ1v) is 3.43. The summed E-state index contributed by atoms with van der Waals surface area (Å²) in [5.41, 5.74) is 0. The zero-order chi connectivity index (χ0) is 13.4. The molecule has 0 N–H and O–H groups in total. The van der Waals surface area contributed by atoms with Gasteiger partial charge in [0.2, 0.25) is 0 Å². The van der Waals surface area contributed by atoms with E-state index >= 15 is 0 Å². The summed E-state index contributed by atoms with van der Waals surface area (Å²) in [6.07, 6.45) is 1.50. The summed E-state index contributed by atoms with van der Waals surface area (Å²) in [5.74, 6) is -3.25. The molecule has 0 aromatic rings. The third-order valence-electron chi connectivity index (χ3n) is 0. The average molecular weight is 268 g/mol. The second-order valence-corrected chi connectivity index (χ2v) is 1.68. The predicted octanol–water partition coefficient (Wildman–Crippen LogP) is -3.62. The second kappa shape index (κ2) is 29.2. The summed E-state index contributed by atoms with van der Waals surface area (Å²) in [5, 5.41) is 26.7. The summed E-state index contributed by atoms with van der Waals surface area (Å²) in [6.45, 7) is 4.24. The SMILES string of the molecule is CC(=O)[O-].CC(=O)[O-].CC(=O)[O-].C[C-]=O.[Ti+4]. The van der Waals surface area contributed by atoms with Gasteiger partial charge in [-0.1, -0.05) is 0 Å². The molecule has 0 aliphatic rings. The van der Waals surface area contributed by atoms with Crippen LogP contribution < -0.4 is 15.3 Å². The number of carboxylic acid groups (broad SMARTS) is 3. The van der Waals surface area contributed by atoms with Crippen LogP contribution in [0.2, 0.25) is 0 Å². The van der Waals surface area contributed by atoms with E-state index in [4.69, 9.17) is 34.5 Å². The second-order valence-electron chi connectivity index (χ2n) is 1.68. The molecule has 0 saturated heterocycles. The molecule has 90 valence electrons. The van der Waals surface area contributed by atoms with Crippen LogP contribution in [-0.2, 0) is 40.9 Å². The van der Waals surface area contributed by atoms with Crippen molar-refractivity contribution in [2.45, 2.75) is 27.7 Å². The summed E-state index contributed by atoms with van der Waals surface area (Å²) in [4.78, 5) is 35.3. The van der Waals surface area contributed by atoms with E-state index in [0.29, 0.717) is 0 Å². The predicted molar refractivity (Wildman–Crippen MR) is 43.4 cm³/mol. The molecule has 0 fully saturated rings. The Morgan fingerprint density at radius 1 is 0.812 bits per heavy atom. The van der Waals surface area contributed by atoms with Gasteiger partial charge in [-0.15, -0.1) is 0 Å². The smallest absolute Gasteiger partial charge is 0.550 e. The molecule has 0 atom stereocenters. The Morgan fingerprint density at radius 3 is 0.812 bits per heavy atom. The van der Waals surface area contributed by atoms with Gasteiger partial charge in [0.25, 0.3) is 0 Å². The van der Waals surface area contributed by atoms with Crippen LogP contribution in [0.15, 0.2) is 0 Å². The van der Waals surface area contributed by atoms with Crippen LogP contribution in [0.1, 0.15) is 27.7 Å². The van der Waals surface area contributed by atoms with Crippen LogP contribution >= 0.6 is 0 Å². The fourth-order valence-corrected chi connectivity index (χ4v) is 0. The Balaban J connectivity index is -0.0000000331. The molecule has 0 rings (SSSR count). The van der Waals surface area contributed by atoms with E-state index in [1.807, 2.05) is 0 Å². The molecule has 0 spiro atoms. The van der Waals surface area contributed by atoms with Gasteiger partial charge < -0.3 is 34.5 Å². The Bertz CT molecular complexity index is 150. The number of aliphatic carboxylic acids is 3.